The van der Waals surface area contributed by atoms with Crippen molar-refractivity contribution in [1.82, 2.24) is 14.9 Å². The Balaban J connectivity index is 1.93. The maximum absolute atomic E-state index is 12.8. The van der Waals surface area contributed by atoms with Gasteiger partial charge >= 0.3 is 6.18 Å². The first-order chi connectivity index (χ1) is 10.9. The summed E-state index contributed by atoms with van der Waals surface area (Å²) in [4.78, 5) is 2.16. The zero-order valence-electron chi connectivity index (χ0n) is 12.3. The Morgan fingerprint density at radius 2 is 2.17 bits per heavy atom. The SMILES string of the molecule is CN1CCCc2cc(/C=N/n3c(C(F)(F)F)n[nH]c3=S)ccc21. The molecule has 0 atom stereocenters. The summed E-state index contributed by atoms with van der Waals surface area (Å²) in [6.07, 6.45) is -1.27. The second-order valence-corrected chi connectivity index (χ2v) is 5.71. The van der Waals surface area contributed by atoms with Crippen molar-refractivity contribution < 1.29 is 13.2 Å². The topological polar surface area (TPSA) is 49.2 Å². The number of alkyl halides is 3. The number of aryl methyl sites for hydroxylation is 1. The number of hydrogen-bond donors (Lipinski definition) is 1. The van der Waals surface area contributed by atoms with Crippen molar-refractivity contribution in [3.63, 3.8) is 0 Å². The molecule has 0 bridgehead atoms. The average Bonchev–Trinajstić information content (AvgIpc) is 2.86. The van der Waals surface area contributed by atoms with E-state index in [1.807, 2.05) is 25.2 Å². The van der Waals surface area contributed by atoms with Gasteiger partial charge in [0.25, 0.3) is 5.82 Å². The van der Waals surface area contributed by atoms with Gasteiger partial charge in [0, 0.05) is 19.3 Å². The van der Waals surface area contributed by atoms with E-state index in [0.29, 0.717) is 4.68 Å². The number of anilines is 1. The van der Waals surface area contributed by atoms with Crippen LogP contribution in [-0.2, 0) is 12.6 Å². The van der Waals surface area contributed by atoms with Gasteiger partial charge in [0.05, 0.1) is 6.21 Å². The van der Waals surface area contributed by atoms with Gasteiger partial charge in [-0.15, -0.1) is 5.10 Å². The largest absolute Gasteiger partial charge is 0.453 e. The fourth-order valence-electron chi connectivity index (χ4n) is 2.59. The summed E-state index contributed by atoms with van der Waals surface area (Å²) < 4.78 is 38.9. The van der Waals surface area contributed by atoms with Crippen molar-refractivity contribution >= 4 is 24.1 Å². The lowest BCUT2D eigenvalue weighted by Crippen LogP contribution is -2.24. The van der Waals surface area contributed by atoms with E-state index in [-0.39, 0.29) is 4.77 Å². The molecule has 0 radical (unpaired) electrons. The van der Waals surface area contributed by atoms with Crippen molar-refractivity contribution in [2.24, 2.45) is 5.10 Å². The van der Waals surface area contributed by atoms with Crippen molar-refractivity contribution in [2.75, 3.05) is 18.5 Å². The Labute approximate surface area is 135 Å². The predicted octanol–water partition coefficient (Wildman–Crippen LogP) is 3.22. The highest BCUT2D eigenvalue weighted by Gasteiger charge is 2.37. The van der Waals surface area contributed by atoms with Gasteiger partial charge in [-0.1, -0.05) is 6.07 Å². The number of nitrogens with zero attached hydrogens (tertiary/aromatic N) is 4. The van der Waals surface area contributed by atoms with E-state index >= 15 is 0 Å². The average molecular weight is 341 g/mol. The van der Waals surface area contributed by atoms with Crippen molar-refractivity contribution in [3.8, 4) is 0 Å². The number of aromatic nitrogens is 3. The molecule has 0 saturated heterocycles. The minimum absolute atomic E-state index is 0.203. The molecule has 0 unspecified atom stereocenters. The zero-order valence-corrected chi connectivity index (χ0v) is 13.1. The number of halogens is 3. The van der Waals surface area contributed by atoms with Crippen LogP contribution >= 0.6 is 12.2 Å². The molecule has 0 fully saturated rings. The van der Waals surface area contributed by atoms with Crippen LogP contribution in [0, 0.1) is 4.77 Å². The molecule has 0 amide bonds. The molecule has 0 saturated carbocycles. The summed E-state index contributed by atoms with van der Waals surface area (Å²) in [6, 6.07) is 5.71. The highest BCUT2D eigenvalue weighted by molar-refractivity contribution is 7.71. The molecular weight excluding hydrogens is 327 g/mol. The van der Waals surface area contributed by atoms with Crippen LogP contribution in [0.15, 0.2) is 23.3 Å². The summed E-state index contributed by atoms with van der Waals surface area (Å²) in [6.45, 7) is 1.000. The molecular formula is C14H14F3N5S. The molecule has 0 spiro atoms. The van der Waals surface area contributed by atoms with Gasteiger partial charge < -0.3 is 4.90 Å². The van der Waals surface area contributed by atoms with Gasteiger partial charge in [0.2, 0.25) is 4.77 Å². The van der Waals surface area contributed by atoms with Gasteiger partial charge in [-0.25, -0.2) is 5.10 Å². The fourth-order valence-corrected chi connectivity index (χ4v) is 2.77. The third-order valence-corrected chi connectivity index (χ3v) is 3.94. The van der Waals surface area contributed by atoms with Gasteiger partial charge in [0.1, 0.15) is 0 Å². The Morgan fingerprint density at radius 3 is 2.91 bits per heavy atom. The third kappa shape index (κ3) is 3.14. The first-order valence-electron chi connectivity index (χ1n) is 6.99. The highest BCUT2D eigenvalue weighted by Crippen LogP contribution is 2.28. The quantitative estimate of drug-likeness (QED) is 0.674. The Morgan fingerprint density at radius 1 is 1.39 bits per heavy atom. The van der Waals surface area contributed by atoms with Crippen molar-refractivity contribution in [1.29, 1.82) is 0 Å². The monoisotopic (exact) mass is 341 g/mol. The zero-order chi connectivity index (χ0) is 16.6. The Kier molecular flexibility index (Phi) is 3.97. The maximum Gasteiger partial charge on any atom is 0.453 e. The first-order valence-corrected chi connectivity index (χ1v) is 7.40. The van der Waals surface area contributed by atoms with Gasteiger partial charge in [-0.2, -0.15) is 22.9 Å². The van der Waals surface area contributed by atoms with Crippen LogP contribution in [0.2, 0.25) is 0 Å². The highest BCUT2D eigenvalue weighted by atomic mass is 32.1. The Hall–Kier alpha value is -2.16. The van der Waals surface area contributed by atoms with Crippen LogP contribution in [0.5, 0.6) is 0 Å². The molecule has 1 aromatic heterocycles. The minimum atomic E-state index is -4.62. The molecule has 9 heteroatoms. The Bertz CT molecular complexity index is 805. The predicted molar refractivity (Wildman–Crippen MR) is 83.4 cm³/mol. The van der Waals surface area contributed by atoms with E-state index < -0.39 is 12.0 Å². The summed E-state index contributed by atoms with van der Waals surface area (Å²) in [5.74, 6) is -1.17. The molecule has 5 nitrogen and oxygen atoms in total. The smallest absolute Gasteiger partial charge is 0.374 e. The second kappa shape index (κ2) is 5.80. The molecule has 1 aliphatic heterocycles. The lowest BCUT2D eigenvalue weighted by Gasteiger charge is -2.27. The number of aromatic amines is 1. The van der Waals surface area contributed by atoms with E-state index in [1.54, 1.807) is 0 Å². The second-order valence-electron chi connectivity index (χ2n) is 5.32. The lowest BCUT2D eigenvalue weighted by atomic mass is 10.00. The molecule has 1 aliphatic rings. The number of nitrogens with one attached hydrogen (secondary N) is 1. The van der Waals surface area contributed by atoms with Crippen LogP contribution in [0.25, 0.3) is 0 Å². The van der Waals surface area contributed by atoms with E-state index in [9.17, 15) is 13.2 Å². The summed E-state index contributed by atoms with van der Waals surface area (Å²) in [5, 5.41) is 9.12. The molecule has 0 aliphatic carbocycles. The third-order valence-electron chi connectivity index (χ3n) is 3.68. The molecule has 1 N–H and O–H groups in total. The van der Waals surface area contributed by atoms with E-state index in [4.69, 9.17) is 12.2 Å². The normalized spacial score (nSPS) is 15.2. The molecule has 2 aromatic rings. The number of fused-ring (bicyclic) bond motifs is 1. The van der Waals surface area contributed by atoms with E-state index in [2.05, 4.69) is 20.2 Å². The van der Waals surface area contributed by atoms with Crippen LogP contribution in [0.4, 0.5) is 18.9 Å². The minimum Gasteiger partial charge on any atom is -0.374 e. The molecule has 23 heavy (non-hydrogen) atoms. The van der Waals surface area contributed by atoms with Gasteiger partial charge in [0.15, 0.2) is 0 Å². The number of rotatable bonds is 2. The molecule has 122 valence electrons. The van der Waals surface area contributed by atoms with Crippen LogP contribution in [-0.4, -0.2) is 34.7 Å². The molecule has 1 aromatic carbocycles. The van der Waals surface area contributed by atoms with E-state index in [0.717, 1.165) is 36.2 Å². The van der Waals surface area contributed by atoms with Crippen molar-refractivity contribution in [2.45, 2.75) is 19.0 Å². The summed E-state index contributed by atoms with van der Waals surface area (Å²) in [5.41, 5.74) is 3.02. The standard InChI is InChI=1S/C14H14F3N5S/c1-21-6-2-3-10-7-9(4-5-11(10)21)8-18-22-12(14(15,16)17)19-20-13(22)23/h4-5,7-8H,2-3,6H2,1H3,(H,20,23)/b18-8+. The summed E-state index contributed by atoms with van der Waals surface area (Å²) in [7, 11) is 2.02. The van der Waals surface area contributed by atoms with Gasteiger partial charge in [-0.05, 0) is 48.3 Å². The van der Waals surface area contributed by atoms with Gasteiger partial charge in [-0.3, -0.25) is 0 Å². The van der Waals surface area contributed by atoms with Crippen molar-refractivity contribution in [3.05, 3.63) is 39.9 Å². The van der Waals surface area contributed by atoms with Crippen LogP contribution in [0.3, 0.4) is 0 Å². The first kappa shape index (κ1) is 15.7. The van der Waals surface area contributed by atoms with Crippen LogP contribution in [0.1, 0.15) is 23.4 Å². The van der Waals surface area contributed by atoms with E-state index in [1.165, 1.54) is 6.21 Å². The number of benzene rings is 1. The molecule has 3 rings (SSSR count). The number of H-pyrrole nitrogens is 1. The number of hydrogen-bond acceptors (Lipinski definition) is 4. The fraction of sp³-hybridized carbons (Fsp3) is 0.357. The lowest BCUT2D eigenvalue weighted by molar-refractivity contribution is -0.147. The van der Waals surface area contributed by atoms with Crippen LogP contribution < -0.4 is 4.90 Å². The molecule has 2 heterocycles. The maximum atomic E-state index is 12.8. The summed E-state index contributed by atoms with van der Waals surface area (Å²) >= 11 is 4.79.